The highest BCUT2D eigenvalue weighted by molar-refractivity contribution is 5.97. The maximum Gasteiger partial charge on any atom is 0.269 e. The first kappa shape index (κ1) is 16.3. The van der Waals surface area contributed by atoms with Crippen molar-refractivity contribution < 1.29 is 14.5 Å². The number of hydrogen-bond acceptors (Lipinski definition) is 4. The summed E-state index contributed by atoms with van der Waals surface area (Å²) in [4.78, 5) is 39.0. The van der Waals surface area contributed by atoms with Gasteiger partial charge in [-0.05, 0) is 29.7 Å². The second kappa shape index (κ2) is 6.25. The fraction of sp³-hybridized carbons (Fsp3) is 0.263. The number of carbonyl (C=O) groups is 2. The fourth-order valence-electron chi connectivity index (χ4n) is 3.74. The quantitative estimate of drug-likeness (QED) is 0.613. The third-order valence-electron chi connectivity index (χ3n) is 5.06. The molecule has 0 N–H and O–H groups in total. The second-order valence-electron chi connectivity index (χ2n) is 6.54. The minimum absolute atomic E-state index is 0.0362. The SMILES string of the molecule is O=C(c1ccc([N+](=O)[O-])cc1)N1CC(=O)N2CCc3ccccc3C2C1. The van der Waals surface area contributed by atoms with E-state index in [0.717, 1.165) is 12.0 Å². The van der Waals surface area contributed by atoms with Crippen LogP contribution >= 0.6 is 0 Å². The summed E-state index contributed by atoms with van der Waals surface area (Å²) in [5.74, 6) is -0.345. The molecule has 2 heterocycles. The van der Waals surface area contributed by atoms with Crippen LogP contribution in [0.2, 0.25) is 0 Å². The van der Waals surface area contributed by atoms with Crippen LogP contribution in [0.4, 0.5) is 5.69 Å². The van der Waals surface area contributed by atoms with Crippen molar-refractivity contribution in [1.29, 1.82) is 0 Å². The van der Waals surface area contributed by atoms with E-state index in [2.05, 4.69) is 6.07 Å². The zero-order valence-corrected chi connectivity index (χ0v) is 14.0. The Balaban J connectivity index is 1.60. The van der Waals surface area contributed by atoms with E-state index in [1.165, 1.54) is 34.7 Å². The number of benzene rings is 2. The van der Waals surface area contributed by atoms with Gasteiger partial charge in [0.25, 0.3) is 11.6 Å². The molecular weight excluding hydrogens is 334 g/mol. The third kappa shape index (κ3) is 2.71. The normalized spacial score (nSPS) is 18.9. The summed E-state index contributed by atoms with van der Waals surface area (Å²) >= 11 is 0. The van der Waals surface area contributed by atoms with Gasteiger partial charge in [-0.2, -0.15) is 0 Å². The van der Waals surface area contributed by atoms with Crippen LogP contribution in [0.15, 0.2) is 48.5 Å². The average Bonchev–Trinajstić information content (AvgIpc) is 2.67. The molecule has 0 radical (unpaired) electrons. The van der Waals surface area contributed by atoms with Gasteiger partial charge in [0.15, 0.2) is 0 Å². The molecular formula is C19H17N3O4. The molecule has 26 heavy (non-hydrogen) atoms. The number of rotatable bonds is 2. The van der Waals surface area contributed by atoms with Gasteiger partial charge in [0.1, 0.15) is 6.54 Å². The van der Waals surface area contributed by atoms with Gasteiger partial charge in [-0.3, -0.25) is 19.7 Å². The van der Waals surface area contributed by atoms with E-state index >= 15 is 0 Å². The minimum Gasteiger partial charge on any atom is -0.332 e. The van der Waals surface area contributed by atoms with E-state index in [1.54, 1.807) is 0 Å². The fourth-order valence-corrected chi connectivity index (χ4v) is 3.74. The first-order chi connectivity index (χ1) is 12.5. The number of nitrogens with zero attached hydrogens (tertiary/aromatic N) is 3. The van der Waals surface area contributed by atoms with Crippen LogP contribution in [0, 0.1) is 10.1 Å². The van der Waals surface area contributed by atoms with Crippen molar-refractivity contribution in [3.63, 3.8) is 0 Å². The third-order valence-corrected chi connectivity index (χ3v) is 5.06. The lowest BCUT2D eigenvalue weighted by Gasteiger charge is -2.44. The highest BCUT2D eigenvalue weighted by Crippen LogP contribution is 2.33. The number of fused-ring (bicyclic) bond motifs is 3. The highest BCUT2D eigenvalue weighted by atomic mass is 16.6. The molecule has 1 unspecified atom stereocenters. The zero-order valence-electron chi connectivity index (χ0n) is 14.0. The summed E-state index contributed by atoms with van der Waals surface area (Å²) in [6.07, 6.45) is 0.828. The van der Waals surface area contributed by atoms with Gasteiger partial charge in [0.2, 0.25) is 5.91 Å². The summed E-state index contributed by atoms with van der Waals surface area (Å²) < 4.78 is 0. The minimum atomic E-state index is -0.504. The lowest BCUT2D eigenvalue weighted by atomic mass is 9.90. The largest absolute Gasteiger partial charge is 0.332 e. The van der Waals surface area contributed by atoms with Gasteiger partial charge in [-0.25, -0.2) is 0 Å². The van der Waals surface area contributed by atoms with Gasteiger partial charge in [-0.15, -0.1) is 0 Å². The van der Waals surface area contributed by atoms with E-state index < -0.39 is 4.92 Å². The zero-order chi connectivity index (χ0) is 18.3. The average molecular weight is 351 g/mol. The Labute approximate surface area is 150 Å². The molecule has 0 spiro atoms. The molecule has 0 aliphatic carbocycles. The maximum absolute atomic E-state index is 12.8. The number of piperazine rings is 1. The number of non-ortho nitro benzene ring substituents is 1. The molecule has 0 saturated carbocycles. The molecule has 2 amide bonds. The van der Waals surface area contributed by atoms with Crippen LogP contribution in [-0.4, -0.2) is 46.2 Å². The van der Waals surface area contributed by atoms with Gasteiger partial charge < -0.3 is 9.80 Å². The maximum atomic E-state index is 12.8. The molecule has 0 bridgehead atoms. The van der Waals surface area contributed by atoms with Crippen molar-refractivity contribution >= 4 is 17.5 Å². The smallest absolute Gasteiger partial charge is 0.269 e. The van der Waals surface area contributed by atoms with Gasteiger partial charge in [0, 0.05) is 30.8 Å². The standard InChI is InChI=1S/C19H17N3O4/c23-18-12-20(19(24)14-5-7-15(8-6-14)22(25)26)11-17-16-4-2-1-3-13(16)9-10-21(17)18/h1-8,17H,9-12H2. The van der Waals surface area contributed by atoms with E-state index in [-0.39, 0.29) is 30.1 Å². The van der Waals surface area contributed by atoms with Crippen molar-refractivity contribution in [1.82, 2.24) is 9.80 Å². The Hall–Kier alpha value is -3.22. The molecule has 2 aromatic carbocycles. The molecule has 132 valence electrons. The summed E-state index contributed by atoms with van der Waals surface area (Å²) in [6.45, 7) is 1.13. The van der Waals surface area contributed by atoms with Gasteiger partial charge >= 0.3 is 0 Å². The van der Waals surface area contributed by atoms with Crippen molar-refractivity contribution in [3.8, 4) is 0 Å². The van der Waals surface area contributed by atoms with Crippen LogP contribution in [0.25, 0.3) is 0 Å². The molecule has 1 atom stereocenters. The second-order valence-corrected chi connectivity index (χ2v) is 6.54. The first-order valence-corrected chi connectivity index (χ1v) is 8.45. The van der Waals surface area contributed by atoms with Crippen molar-refractivity contribution in [3.05, 3.63) is 75.3 Å². The monoisotopic (exact) mass is 351 g/mol. The highest BCUT2D eigenvalue weighted by Gasteiger charge is 2.38. The molecule has 2 aliphatic heterocycles. The van der Waals surface area contributed by atoms with Crippen LogP contribution < -0.4 is 0 Å². The Bertz CT molecular complexity index is 894. The molecule has 1 fully saturated rings. The lowest BCUT2D eigenvalue weighted by Crippen LogP contribution is -2.55. The number of hydrogen-bond donors (Lipinski definition) is 0. The summed E-state index contributed by atoms with van der Waals surface area (Å²) in [6, 6.07) is 13.4. The Morgan fingerprint density at radius 1 is 1.12 bits per heavy atom. The first-order valence-electron chi connectivity index (χ1n) is 8.45. The summed E-state index contributed by atoms with van der Waals surface area (Å²) in [7, 11) is 0. The number of nitro groups is 1. The lowest BCUT2D eigenvalue weighted by molar-refractivity contribution is -0.384. The molecule has 1 saturated heterocycles. The molecule has 7 nitrogen and oxygen atoms in total. The molecule has 2 aromatic rings. The van der Waals surface area contributed by atoms with E-state index in [9.17, 15) is 19.7 Å². The Morgan fingerprint density at radius 2 is 1.85 bits per heavy atom. The van der Waals surface area contributed by atoms with Crippen molar-refractivity contribution in [2.24, 2.45) is 0 Å². The van der Waals surface area contributed by atoms with Crippen molar-refractivity contribution in [2.75, 3.05) is 19.6 Å². The van der Waals surface area contributed by atoms with Crippen LogP contribution in [0.1, 0.15) is 27.5 Å². The van der Waals surface area contributed by atoms with Crippen LogP contribution in [0.5, 0.6) is 0 Å². The van der Waals surface area contributed by atoms with E-state index in [4.69, 9.17) is 0 Å². The molecule has 0 aromatic heterocycles. The van der Waals surface area contributed by atoms with Crippen molar-refractivity contribution in [2.45, 2.75) is 12.5 Å². The predicted molar refractivity (Wildman–Crippen MR) is 93.6 cm³/mol. The predicted octanol–water partition coefficient (Wildman–Crippen LogP) is 2.18. The van der Waals surface area contributed by atoms with E-state index in [0.29, 0.717) is 18.7 Å². The number of carbonyl (C=O) groups excluding carboxylic acids is 2. The topological polar surface area (TPSA) is 83.8 Å². The summed E-state index contributed by atoms with van der Waals surface area (Å²) in [5, 5.41) is 10.8. The van der Waals surface area contributed by atoms with Gasteiger partial charge in [-0.1, -0.05) is 24.3 Å². The molecule has 2 aliphatic rings. The molecule has 7 heteroatoms. The van der Waals surface area contributed by atoms with Crippen LogP contribution in [-0.2, 0) is 11.2 Å². The van der Waals surface area contributed by atoms with Gasteiger partial charge in [0.05, 0.1) is 11.0 Å². The number of nitro benzene ring substituents is 1. The number of amides is 2. The summed E-state index contributed by atoms with van der Waals surface area (Å²) in [5.41, 5.74) is 2.59. The Morgan fingerprint density at radius 3 is 2.58 bits per heavy atom. The molecule has 4 rings (SSSR count). The van der Waals surface area contributed by atoms with E-state index in [1.807, 2.05) is 23.1 Å². The van der Waals surface area contributed by atoms with Crippen LogP contribution in [0.3, 0.4) is 0 Å². The Kier molecular flexibility index (Phi) is 3.91.